The molecule has 1 heterocycles. The molecule has 2 aromatic carbocycles. The third kappa shape index (κ3) is 4.27. The van der Waals surface area contributed by atoms with E-state index >= 15 is 0 Å². The molecule has 0 aromatic heterocycles. The first-order chi connectivity index (χ1) is 13.7. The zero-order valence-corrected chi connectivity index (χ0v) is 16.4. The summed E-state index contributed by atoms with van der Waals surface area (Å²) < 4.78 is 11.6. The number of ether oxygens (including phenoxy) is 2. The van der Waals surface area contributed by atoms with Crippen LogP contribution in [0, 0.1) is 0 Å². The Labute approximate surface area is 165 Å². The molecule has 0 fully saturated rings. The van der Waals surface area contributed by atoms with Gasteiger partial charge < -0.3 is 19.3 Å². The van der Waals surface area contributed by atoms with E-state index in [9.17, 15) is 9.59 Å². The van der Waals surface area contributed by atoms with Crippen molar-refractivity contribution >= 4 is 11.8 Å². The van der Waals surface area contributed by atoms with Gasteiger partial charge in [0.2, 0.25) is 0 Å². The predicted octanol–water partition coefficient (Wildman–Crippen LogP) is 3.08. The lowest BCUT2D eigenvalue weighted by molar-refractivity contribution is 0.0666. The lowest BCUT2D eigenvalue weighted by Crippen LogP contribution is -2.41. The zero-order chi connectivity index (χ0) is 19.9. The molecule has 0 saturated carbocycles. The summed E-state index contributed by atoms with van der Waals surface area (Å²) in [6, 6.07) is 14.5. The maximum Gasteiger partial charge on any atom is 0.257 e. The van der Waals surface area contributed by atoms with Gasteiger partial charge in [-0.2, -0.15) is 0 Å². The number of hydrogen-bond acceptors (Lipinski definition) is 4. The van der Waals surface area contributed by atoms with Crippen LogP contribution in [-0.2, 0) is 0 Å². The molecule has 1 aliphatic rings. The van der Waals surface area contributed by atoms with Gasteiger partial charge in [0.15, 0.2) is 0 Å². The summed E-state index contributed by atoms with van der Waals surface area (Å²) in [5.41, 5.74) is 1.05. The summed E-state index contributed by atoms with van der Waals surface area (Å²) in [4.78, 5) is 29.5. The van der Waals surface area contributed by atoms with Crippen molar-refractivity contribution in [3.8, 4) is 11.5 Å². The minimum Gasteiger partial charge on any atom is -0.489 e. The zero-order valence-electron chi connectivity index (χ0n) is 16.4. The normalized spacial score (nSPS) is 15.8. The van der Waals surface area contributed by atoms with E-state index in [0.717, 1.165) is 0 Å². The molecule has 2 amide bonds. The van der Waals surface area contributed by atoms with E-state index in [-0.39, 0.29) is 25.0 Å². The molecular weight excluding hydrogens is 356 g/mol. The highest BCUT2D eigenvalue weighted by Gasteiger charge is 2.23. The average Bonchev–Trinajstić information content (AvgIpc) is 2.73. The molecule has 1 aliphatic heterocycles. The largest absolute Gasteiger partial charge is 0.489 e. The number of likely N-dealkylation sites (N-methyl/N-ethyl adjacent to an activating group) is 2. The van der Waals surface area contributed by atoms with Crippen molar-refractivity contribution in [2.75, 3.05) is 39.4 Å². The summed E-state index contributed by atoms with van der Waals surface area (Å²) in [7, 11) is 0. The van der Waals surface area contributed by atoms with Crippen LogP contribution < -0.4 is 9.47 Å². The maximum atomic E-state index is 13.0. The topological polar surface area (TPSA) is 59.1 Å². The molecule has 0 saturated heterocycles. The van der Waals surface area contributed by atoms with E-state index in [4.69, 9.17) is 9.47 Å². The molecule has 6 nitrogen and oxygen atoms in total. The number of rotatable bonds is 2. The second-order valence-corrected chi connectivity index (χ2v) is 6.46. The van der Waals surface area contributed by atoms with E-state index in [2.05, 4.69) is 0 Å². The fraction of sp³-hybridized carbons (Fsp3) is 0.364. The second-order valence-electron chi connectivity index (χ2n) is 6.46. The van der Waals surface area contributed by atoms with Gasteiger partial charge in [-0.3, -0.25) is 9.59 Å². The van der Waals surface area contributed by atoms with E-state index in [1.165, 1.54) is 0 Å². The van der Waals surface area contributed by atoms with Gasteiger partial charge in [-0.15, -0.1) is 0 Å². The van der Waals surface area contributed by atoms with Crippen molar-refractivity contribution in [2.45, 2.75) is 13.8 Å². The number of carbonyl (C=O) groups is 2. The molecule has 3 rings (SSSR count). The van der Waals surface area contributed by atoms with Gasteiger partial charge in [0.25, 0.3) is 11.8 Å². The van der Waals surface area contributed by atoms with Crippen molar-refractivity contribution in [2.24, 2.45) is 0 Å². The molecule has 0 spiro atoms. The Morgan fingerprint density at radius 2 is 1.11 bits per heavy atom. The molecule has 6 heteroatoms. The van der Waals surface area contributed by atoms with E-state index in [1.807, 2.05) is 38.1 Å². The Morgan fingerprint density at radius 1 is 0.714 bits per heavy atom. The fourth-order valence-electron chi connectivity index (χ4n) is 3.23. The first-order valence-electron chi connectivity index (χ1n) is 9.67. The molecule has 0 bridgehead atoms. The molecule has 148 valence electrons. The van der Waals surface area contributed by atoms with Crippen LogP contribution in [0.3, 0.4) is 0 Å². The number of para-hydroxylation sites is 2. The average molecular weight is 382 g/mol. The Balaban J connectivity index is 1.94. The van der Waals surface area contributed by atoms with Crippen LogP contribution in [0.4, 0.5) is 0 Å². The minimum absolute atomic E-state index is 0.0972. The van der Waals surface area contributed by atoms with Crippen LogP contribution in [0.5, 0.6) is 11.5 Å². The summed E-state index contributed by atoms with van der Waals surface area (Å²) in [6.07, 6.45) is 0. The maximum absolute atomic E-state index is 13.0. The van der Waals surface area contributed by atoms with E-state index in [1.54, 1.807) is 34.1 Å². The molecule has 0 aliphatic carbocycles. The third-order valence-electron chi connectivity index (χ3n) is 4.81. The second kappa shape index (κ2) is 9.26. The van der Waals surface area contributed by atoms with Crippen molar-refractivity contribution in [1.29, 1.82) is 0 Å². The minimum atomic E-state index is -0.0972. The molecule has 28 heavy (non-hydrogen) atoms. The van der Waals surface area contributed by atoms with Crippen LogP contribution in [-0.4, -0.2) is 61.0 Å². The van der Waals surface area contributed by atoms with Crippen molar-refractivity contribution in [3.63, 3.8) is 0 Å². The lowest BCUT2D eigenvalue weighted by Gasteiger charge is -2.28. The van der Waals surface area contributed by atoms with Gasteiger partial charge in [-0.1, -0.05) is 24.3 Å². The summed E-state index contributed by atoms with van der Waals surface area (Å²) >= 11 is 0. The fourth-order valence-corrected chi connectivity index (χ4v) is 3.23. The quantitative estimate of drug-likeness (QED) is 0.801. The van der Waals surface area contributed by atoms with Gasteiger partial charge in [0, 0.05) is 26.2 Å². The van der Waals surface area contributed by atoms with Crippen molar-refractivity contribution in [3.05, 3.63) is 59.7 Å². The standard InChI is InChI=1S/C22H26N2O4/c1-3-23-13-14-24(4-2)22(26)18-10-6-8-12-20(18)28-16-15-27-19-11-7-5-9-17(19)21(23)25/h5-12H,3-4,13-16H2,1-2H3. The molecule has 2 aromatic rings. The molecule has 0 atom stereocenters. The number of amides is 2. The van der Waals surface area contributed by atoms with Gasteiger partial charge in [-0.25, -0.2) is 0 Å². The van der Waals surface area contributed by atoms with Crippen molar-refractivity contribution in [1.82, 2.24) is 9.80 Å². The highest BCUT2D eigenvalue weighted by Crippen LogP contribution is 2.23. The monoisotopic (exact) mass is 382 g/mol. The Kier molecular flexibility index (Phi) is 6.53. The number of hydrogen-bond donors (Lipinski definition) is 0. The number of fused-ring (bicyclic) bond motifs is 2. The first-order valence-corrected chi connectivity index (χ1v) is 9.67. The van der Waals surface area contributed by atoms with Crippen LogP contribution >= 0.6 is 0 Å². The highest BCUT2D eigenvalue weighted by molar-refractivity contribution is 5.98. The van der Waals surface area contributed by atoms with Crippen molar-refractivity contribution < 1.29 is 19.1 Å². The first kappa shape index (κ1) is 19.7. The molecular formula is C22H26N2O4. The summed E-state index contributed by atoms with van der Waals surface area (Å²) in [5, 5.41) is 0. The Bertz CT molecular complexity index is 767. The van der Waals surface area contributed by atoms with Gasteiger partial charge >= 0.3 is 0 Å². The van der Waals surface area contributed by atoms with Gasteiger partial charge in [0.05, 0.1) is 11.1 Å². The summed E-state index contributed by atoms with van der Waals surface area (Å²) in [5.74, 6) is 0.895. The van der Waals surface area contributed by atoms with E-state index in [0.29, 0.717) is 48.8 Å². The third-order valence-corrected chi connectivity index (χ3v) is 4.81. The molecule has 0 radical (unpaired) electrons. The van der Waals surface area contributed by atoms with Crippen LogP contribution in [0.25, 0.3) is 0 Å². The van der Waals surface area contributed by atoms with Crippen LogP contribution in [0.1, 0.15) is 34.6 Å². The van der Waals surface area contributed by atoms with E-state index < -0.39 is 0 Å². The molecule has 0 unspecified atom stereocenters. The lowest BCUT2D eigenvalue weighted by atomic mass is 10.1. The Morgan fingerprint density at radius 3 is 1.50 bits per heavy atom. The predicted molar refractivity (Wildman–Crippen MR) is 107 cm³/mol. The highest BCUT2D eigenvalue weighted by atomic mass is 16.5. The molecule has 0 N–H and O–H groups in total. The van der Waals surface area contributed by atoms with Crippen LogP contribution in [0.2, 0.25) is 0 Å². The smallest absolute Gasteiger partial charge is 0.257 e. The van der Waals surface area contributed by atoms with Gasteiger partial charge in [-0.05, 0) is 38.1 Å². The SMILES string of the molecule is CCN1CCN(CC)C(=O)c2ccccc2OCCOc2ccccc2C1=O. The number of carbonyl (C=O) groups excluding carboxylic acids is 2. The van der Waals surface area contributed by atoms with Crippen LogP contribution in [0.15, 0.2) is 48.5 Å². The summed E-state index contributed by atoms with van der Waals surface area (Å²) in [6.45, 7) is 6.43. The Hall–Kier alpha value is -3.02. The number of nitrogens with zero attached hydrogens (tertiary/aromatic N) is 2. The van der Waals surface area contributed by atoms with Gasteiger partial charge in [0.1, 0.15) is 24.7 Å². The number of benzene rings is 2.